The van der Waals surface area contributed by atoms with E-state index in [1.807, 2.05) is 36.4 Å². The van der Waals surface area contributed by atoms with E-state index in [-0.39, 0.29) is 27.7 Å². The standard InChI is InChI=1S/C47H34/c1-47(2)43-24-14-13-19-37(43)38-26-25-33(30-44(38)47)45-39-20-9-11-22-41(39)46(42-23-12-10-21-40(42)45)36-28-34(31-15-5-3-6-16-31)27-35(29-36)32-17-7-4-8-18-32/h3-30H,1-2H3/i3D,4D,5D,6D,7D,8D,15D,16D,17D,18D. The van der Waals surface area contributed by atoms with Gasteiger partial charge < -0.3 is 0 Å². The smallest absolute Gasteiger partial charge is 0.0622 e. The van der Waals surface area contributed by atoms with Crippen molar-refractivity contribution in [3.05, 3.63) is 181 Å². The molecule has 9 rings (SSSR count). The molecule has 0 spiro atoms. The van der Waals surface area contributed by atoms with Gasteiger partial charge in [-0.25, -0.2) is 0 Å². The second-order valence-electron chi connectivity index (χ2n) is 12.6. The fourth-order valence-corrected chi connectivity index (χ4v) is 7.46. The molecule has 0 amide bonds. The molecule has 0 bridgehead atoms. The summed E-state index contributed by atoms with van der Waals surface area (Å²) in [7, 11) is 0. The molecule has 0 fully saturated rings. The minimum absolute atomic E-state index is 0.0524. The topological polar surface area (TPSA) is 0 Å². The number of benzene rings is 8. The van der Waals surface area contributed by atoms with Crippen LogP contribution in [0.1, 0.15) is 38.7 Å². The first-order chi connectivity index (χ1) is 27.2. The molecule has 0 aliphatic heterocycles. The van der Waals surface area contributed by atoms with Crippen LogP contribution in [0.5, 0.6) is 0 Å². The largest absolute Gasteiger partial charge is 0.0629 e. The molecule has 8 aromatic rings. The molecule has 222 valence electrons. The van der Waals surface area contributed by atoms with E-state index in [9.17, 15) is 0 Å². The zero-order valence-corrected chi connectivity index (χ0v) is 25.9. The van der Waals surface area contributed by atoms with E-state index >= 15 is 0 Å². The molecule has 0 heteroatoms. The number of hydrogen-bond acceptors (Lipinski definition) is 0. The van der Waals surface area contributed by atoms with Gasteiger partial charge in [0.05, 0.1) is 13.7 Å². The second-order valence-corrected chi connectivity index (χ2v) is 12.6. The van der Waals surface area contributed by atoms with Crippen LogP contribution in [0.2, 0.25) is 0 Å². The Kier molecular flexibility index (Phi) is 4.33. The van der Waals surface area contributed by atoms with E-state index in [0.29, 0.717) is 5.56 Å². The Morgan fingerprint density at radius 1 is 0.383 bits per heavy atom. The second kappa shape index (κ2) is 10.7. The Bertz CT molecular complexity index is 2850. The summed E-state index contributed by atoms with van der Waals surface area (Å²) in [4.78, 5) is 0. The molecule has 0 N–H and O–H groups in total. The predicted molar refractivity (Wildman–Crippen MR) is 201 cm³/mol. The van der Waals surface area contributed by atoms with E-state index in [2.05, 4.69) is 68.4 Å². The molecule has 0 atom stereocenters. The average molecular weight is 609 g/mol. The van der Waals surface area contributed by atoms with Gasteiger partial charge in [-0.1, -0.05) is 159 Å². The molecule has 0 radical (unpaired) electrons. The van der Waals surface area contributed by atoms with Crippen molar-refractivity contribution in [3.8, 4) is 55.6 Å². The van der Waals surface area contributed by atoms with Gasteiger partial charge in [-0.15, -0.1) is 0 Å². The average Bonchev–Trinajstić information content (AvgIpc) is 3.45. The molecule has 8 aromatic carbocycles. The Hall–Kier alpha value is -5.72. The minimum atomic E-state index is -0.526. The maximum atomic E-state index is 8.88. The van der Waals surface area contributed by atoms with Crippen LogP contribution in [-0.2, 0) is 5.41 Å². The Balaban J connectivity index is 1.38. The normalized spacial score (nSPS) is 16.0. The summed E-state index contributed by atoms with van der Waals surface area (Å²) in [6, 6.07) is 31.8. The monoisotopic (exact) mass is 608 g/mol. The summed E-state index contributed by atoms with van der Waals surface area (Å²) >= 11 is 0. The zero-order valence-electron chi connectivity index (χ0n) is 35.9. The van der Waals surface area contributed by atoms with Crippen molar-refractivity contribution < 1.29 is 13.7 Å². The van der Waals surface area contributed by atoms with Gasteiger partial charge in [0.2, 0.25) is 0 Å². The van der Waals surface area contributed by atoms with Gasteiger partial charge >= 0.3 is 0 Å². The first-order valence-electron chi connectivity index (χ1n) is 20.7. The van der Waals surface area contributed by atoms with Gasteiger partial charge in [-0.3, -0.25) is 0 Å². The van der Waals surface area contributed by atoms with Crippen LogP contribution >= 0.6 is 0 Å². The highest BCUT2D eigenvalue weighted by Gasteiger charge is 2.35. The zero-order chi connectivity index (χ0) is 40.2. The molecular formula is C47H34. The SMILES string of the molecule is [2H]c1c([2H])c([2H])c(-c2cc(-c3c([2H])c([2H])c([2H])c([2H])c3[2H])cc(-c3c4ccccc4c(-c4ccc5c(c4)C(C)(C)c4ccccc4-5)c4ccccc34)c2)c([2H])c1[2H]. The van der Waals surface area contributed by atoms with Crippen molar-refractivity contribution in [3.63, 3.8) is 0 Å². The van der Waals surface area contributed by atoms with Crippen LogP contribution in [0, 0.1) is 0 Å². The van der Waals surface area contributed by atoms with Gasteiger partial charge in [-0.2, -0.15) is 0 Å². The molecular weight excluding hydrogens is 565 g/mol. The van der Waals surface area contributed by atoms with Crippen LogP contribution in [0.3, 0.4) is 0 Å². The number of hydrogen-bond donors (Lipinski definition) is 0. The third-order valence-electron chi connectivity index (χ3n) is 9.60. The van der Waals surface area contributed by atoms with Crippen LogP contribution < -0.4 is 0 Å². The van der Waals surface area contributed by atoms with Crippen LogP contribution in [0.15, 0.2) is 170 Å². The van der Waals surface area contributed by atoms with Crippen molar-refractivity contribution in [2.24, 2.45) is 0 Å². The lowest BCUT2D eigenvalue weighted by atomic mass is 9.80. The van der Waals surface area contributed by atoms with Crippen LogP contribution in [0.25, 0.3) is 77.2 Å². The van der Waals surface area contributed by atoms with E-state index < -0.39 is 60.4 Å². The Morgan fingerprint density at radius 2 is 0.830 bits per heavy atom. The summed E-state index contributed by atoms with van der Waals surface area (Å²) < 4.78 is 85.8. The van der Waals surface area contributed by atoms with Crippen molar-refractivity contribution in [1.82, 2.24) is 0 Å². The summed E-state index contributed by atoms with van der Waals surface area (Å²) in [5.41, 5.74) is 8.67. The van der Waals surface area contributed by atoms with Crippen molar-refractivity contribution in [1.29, 1.82) is 0 Å². The van der Waals surface area contributed by atoms with Crippen molar-refractivity contribution >= 4 is 21.5 Å². The molecule has 0 aromatic heterocycles. The molecule has 1 aliphatic rings. The Morgan fingerprint density at radius 3 is 1.38 bits per heavy atom. The van der Waals surface area contributed by atoms with Crippen molar-refractivity contribution in [2.45, 2.75) is 19.3 Å². The van der Waals surface area contributed by atoms with Crippen LogP contribution in [-0.4, -0.2) is 0 Å². The molecule has 1 aliphatic carbocycles. The first kappa shape index (κ1) is 19.1. The molecule has 0 heterocycles. The third-order valence-corrected chi connectivity index (χ3v) is 9.60. The fourth-order valence-electron chi connectivity index (χ4n) is 7.46. The quantitative estimate of drug-likeness (QED) is 0.174. The summed E-state index contributed by atoms with van der Waals surface area (Å²) in [6.07, 6.45) is 0. The van der Waals surface area contributed by atoms with Gasteiger partial charge in [0, 0.05) is 5.41 Å². The first-order valence-corrected chi connectivity index (χ1v) is 15.7. The van der Waals surface area contributed by atoms with Crippen LogP contribution in [0.4, 0.5) is 0 Å². The highest BCUT2D eigenvalue weighted by molar-refractivity contribution is 6.21. The van der Waals surface area contributed by atoms with Gasteiger partial charge in [0.25, 0.3) is 0 Å². The highest BCUT2D eigenvalue weighted by Crippen LogP contribution is 2.51. The lowest BCUT2D eigenvalue weighted by molar-refractivity contribution is 0.660. The summed E-state index contributed by atoms with van der Waals surface area (Å²) in [5, 5.41) is 3.72. The maximum Gasteiger partial charge on any atom is 0.0629 e. The van der Waals surface area contributed by atoms with E-state index in [0.717, 1.165) is 38.2 Å². The third kappa shape index (κ3) is 4.37. The van der Waals surface area contributed by atoms with E-state index in [1.165, 1.54) is 22.3 Å². The maximum absolute atomic E-state index is 8.88. The summed E-state index contributed by atoms with van der Waals surface area (Å²) in [5.74, 6) is 0. The lowest BCUT2D eigenvalue weighted by Crippen LogP contribution is -2.14. The number of rotatable bonds is 4. The van der Waals surface area contributed by atoms with Gasteiger partial charge in [0.1, 0.15) is 0 Å². The summed E-state index contributed by atoms with van der Waals surface area (Å²) in [6.45, 7) is 4.52. The van der Waals surface area contributed by atoms with Gasteiger partial charge in [-0.05, 0) is 113 Å². The van der Waals surface area contributed by atoms with E-state index in [4.69, 9.17) is 13.7 Å². The molecule has 0 unspecified atom stereocenters. The predicted octanol–water partition coefficient (Wildman–Crippen LogP) is 13.0. The molecule has 0 saturated carbocycles. The van der Waals surface area contributed by atoms with E-state index in [1.54, 1.807) is 18.2 Å². The molecule has 0 nitrogen and oxygen atoms in total. The highest BCUT2D eigenvalue weighted by atomic mass is 14.4. The number of fused-ring (bicyclic) bond motifs is 5. The molecule has 47 heavy (non-hydrogen) atoms. The molecule has 0 saturated heterocycles. The lowest BCUT2D eigenvalue weighted by Gasteiger charge is -2.23. The van der Waals surface area contributed by atoms with Gasteiger partial charge in [0.15, 0.2) is 0 Å². The van der Waals surface area contributed by atoms with Crippen molar-refractivity contribution in [2.75, 3.05) is 0 Å². The fraction of sp³-hybridized carbons (Fsp3) is 0.0638. The minimum Gasteiger partial charge on any atom is -0.0622 e. The Labute approximate surface area is 290 Å².